The molecule has 0 aromatic heterocycles. The summed E-state index contributed by atoms with van der Waals surface area (Å²) in [4.78, 5) is 13.7. The predicted molar refractivity (Wildman–Crippen MR) is 82.5 cm³/mol. The van der Waals surface area contributed by atoms with Crippen LogP contribution in [0.4, 0.5) is 10.1 Å². The van der Waals surface area contributed by atoms with Crippen LogP contribution in [0.5, 0.6) is 0 Å². The number of halogens is 1. The fraction of sp³-hybridized carbons (Fsp3) is 0.562. The van der Waals surface area contributed by atoms with Crippen LogP contribution in [-0.2, 0) is 11.3 Å². The van der Waals surface area contributed by atoms with Crippen LogP contribution >= 0.6 is 0 Å². The molecule has 2 atom stereocenters. The van der Waals surface area contributed by atoms with Crippen molar-refractivity contribution in [3.05, 3.63) is 29.6 Å². The average Bonchev–Trinajstić information content (AvgIpc) is 2.46. The molecule has 4 nitrogen and oxygen atoms in total. The number of nitrogens with one attached hydrogen (secondary N) is 1. The number of piperidine rings is 1. The Morgan fingerprint density at radius 2 is 2.24 bits per heavy atom. The minimum atomic E-state index is -0.248. The predicted octanol–water partition coefficient (Wildman–Crippen LogP) is 2.03. The normalized spacial score (nSPS) is 22.3. The minimum Gasteiger partial charge on any atom is -0.369 e. The van der Waals surface area contributed by atoms with Crippen molar-refractivity contribution in [2.45, 2.75) is 39.3 Å². The van der Waals surface area contributed by atoms with Crippen LogP contribution in [0.15, 0.2) is 18.2 Å². The Bertz CT molecular complexity index is 506. The van der Waals surface area contributed by atoms with E-state index in [1.807, 2.05) is 13.0 Å². The lowest BCUT2D eigenvalue weighted by Crippen LogP contribution is -2.46. The summed E-state index contributed by atoms with van der Waals surface area (Å²) in [6, 6.07) is 5.18. The van der Waals surface area contributed by atoms with Gasteiger partial charge in [0.05, 0.1) is 5.92 Å². The molecular formula is C16H24FN3O. The highest BCUT2D eigenvalue weighted by Crippen LogP contribution is 2.30. The zero-order valence-corrected chi connectivity index (χ0v) is 12.7. The van der Waals surface area contributed by atoms with Crippen molar-refractivity contribution in [1.29, 1.82) is 0 Å². The van der Waals surface area contributed by atoms with Gasteiger partial charge in [-0.2, -0.15) is 0 Å². The van der Waals surface area contributed by atoms with Gasteiger partial charge < -0.3 is 16.0 Å². The van der Waals surface area contributed by atoms with Gasteiger partial charge in [-0.15, -0.1) is 0 Å². The maximum absolute atomic E-state index is 13.5. The number of hydrogen-bond acceptors (Lipinski definition) is 3. The molecule has 1 aliphatic heterocycles. The monoisotopic (exact) mass is 293 g/mol. The van der Waals surface area contributed by atoms with Crippen molar-refractivity contribution in [3.8, 4) is 0 Å². The number of nitrogens with zero attached hydrogens (tertiary/aromatic N) is 1. The number of anilines is 1. The summed E-state index contributed by atoms with van der Waals surface area (Å²) in [5, 5.41) is 3.24. The van der Waals surface area contributed by atoms with Crippen LogP contribution in [0.25, 0.3) is 0 Å². The zero-order valence-electron chi connectivity index (χ0n) is 12.7. The second kappa shape index (κ2) is 6.89. The van der Waals surface area contributed by atoms with E-state index >= 15 is 0 Å². The smallest absolute Gasteiger partial charge is 0.222 e. The highest BCUT2D eigenvalue weighted by atomic mass is 19.1. The van der Waals surface area contributed by atoms with E-state index in [0.29, 0.717) is 19.1 Å². The molecule has 0 aliphatic carbocycles. The van der Waals surface area contributed by atoms with Crippen molar-refractivity contribution in [2.75, 3.05) is 18.0 Å². The summed E-state index contributed by atoms with van der Waals surface area (Å²) < 4.78 is 13.5. The topological polar surface area (TPSA) is 58.4 Å². The molecule has 1 aromatic rings. The number of carbonyl (C=O) groups excluding carboxylic acids is 1. The number of primary amides is 1. The third-order valence-electron chi connectivity index (χ3n) is 4.20. The Labute approximate surface area is 125 Å². The molecular weight excluding hydrogens is 269 g/mol. The summed E-state index contributed by atoms with van der Waals surface area (Å²) in [5.74, 6) is -0.608. The lowest BCUT2D eigenvalue weighted by atomic mass is 9.92. The SMILES string of the molecule is CCNCc1cc(F)ccc1N1CC(C(N)=O)CCC1C. The Morgan fingerprint density at radius 1 is 1.48 bits per heavy atom. The molecule has 21 heavy (non-hydrogen) atoms. The summed E-state index contributed by atoms with van der Waals surface area (Å²) >= 11 is 0. The highest BCUT2D eigenvalue weighted by molar-refractivity contribution is 5.77. The van der Waals surface area contributed by atoms with Gasteiger partial charge in [-0.05, 0) is 50.1 Å². The van der Waals surface area contributed by atoms with Crippen molar-refractivity contribution in [2.24, 2.45) is 11.7 Å². The van der Waals surface area contributed by atoms with E-state index in [4.69, 9.17) is 5.73 Å². The molecule has 116 valence electrons. The molecule has 1 heterocycles. The molecule has 0 radical (unpaired) electrons. The number of rotatable bonds is 5. The van der Waals surface area contributed by atoms with Crippen molar-refractivity contribution >= 4 is 11.6 Å². The first-order valence-electron chi connectivity index (χ1n) is 7.58. The maximum Gasteiger partial charge on any atom is 0.222 e. The van der Waals surface area contributed by atoms with Crippen molar-refractivity contribution < 1.29 is 9.18 Å². The molecule has 1 aromatic carbocycles. The molecule has 1 aliphatic rings. The summed E-state index contributed by atoms with van der Waals surface area (Å²) in [6.07, 6.45) is 1.75. The van der Waals surface area contributed by atoms with Gasteiger partial charge in [0.1, 0.15) is 5.82 Å². The van der Waals surface area contributed by atoms with Gasteiger partial charge >= 0.3 is 0 Å². The Balaban J connectivity index is 2.27. The first kappa shape index (κ1) is 15.8. The van der Waals surface area contributed by atoms with E-state index in [1.54, 1.807) is 6.07 Å². The molecule has 2 rings (SSSR count). The fourth-order valence-corrected chi connectivity index (χ4v) is 2.91. The number of carbonyl (C=O) groups is 1. The molecule has 1 amide bonds. The molecule has 5 heteroatoms. The van der Waals surface area contributed by atoms with Gasteiger partial charge in [-0.3, -0.25) is 4.79 Å². The van der Waals surface area contributed by atoms with Crippen LogP contribution in [0.2, 0.25) is 0 Å². The Kier molecular flexibility index (Phi) is 5.17. The third kappa shape index (κ3) is 3.73. The molecule has 0 saturated carbocycles. The van der Waals surface area contributed by atoms with Crippen LogP contribution in [-0.4, -0.2) is 25.0 Å². The van der Waals surface area contributed by atoms with Crippen LogP contribution in [0.1, 0.15) is 32.3 Å². The molecule has 0 bridgehead atoms. The number of nitrogens with two attached hydrogens (primary N) is 1. The van der Waals surface area contributed by atoms with Crippen LogP contribution in [0.3, 0.4) is 0 Å². The van der Waals surface area contributed by atoms with Crippen LogP contribution < -0.4 is 16.0 Å². The lowest BCUT2D eigenvalue weighted by molar-refractivity contribution is -0.122. The van der Waals surface area contributed by atoms with Gasteiger partial charge in [0.25, 0.3) is 0 Å². The Morgan fingerprint density at radius 3 is 2.90 bits per heavy atom. The van der Waals surface area contributed by atoms with Gasteiger partial charge in [-0.1, -0.05) is 6.92 Å². The van der Waals surface area contributed by atoms with E-state index < -0.39 is 0 Å². The number of amides is 1. The van der Waals surface area contributed by atoms with E-state index in [2.05, 4.69) is 17.1 Å². The standard InChI is InChI=1S/C16H24FN3O/c1-3-19-9-13-8-14(17)6-7-15(13)20-10-12(16(18)21)5-4-11(20)2/h6-8,11-12,19H,3-5,9-10H2,1-2H3,(H2,18,21). The Hall–Kier alpha value is -1.62. The van der Waals surface area contributed by atoms with E-state index in [-0.39, 0.29) is 17.6 Å². The van der Waals surface area contributed by atoms with Gasteiger partial charge in [-0.25, -0.2) is 4.39 Å². The van der Waals surface area contributed by atoms with Gasteiger partial charge in [0.2, 0.25) is 5.91 Å². The van der Waals surface area contributed by atoms with Gasteiger partial charge in [0, 0.05) is 24.8 Å². The van der Waals surface area contributed by atoms with Gasteiger partial charge in [0.15, 0.2) is 0 Å². The summed E-state index contributed by atoms with van der Waals surface area (Å²) in [6.45, 7) is 6.22. The molecule has 2 unspecified atom stereocenters. The van der Waals surface area contributed by atoms with Crippen molar-refractivity contribution in [3.63, 3.8) is 0 Å². The molecule has 1 saturated heterocycles. The fourth-order valence-electron chi connectivity index (χ4n) is 2.91. The van der Waals surface area contributed by atoms with E-state index in [0.717, 1.165) is 30.6 Å². The van der Waals surface area contributed by atoms with E-state index in [1.165, 1.54) is 6.07 Å². The quantitative estimate of drug-likeness (QED) is 0.873. The average molecular weight is 293 g/mol. The largest absolute Gasteiger partial charge is 0.369 e. The maximum atomic E-state index is 13.5. The first-order chi connectivity index (χ1) is 10.0. The summed E-state index contributed by atoms with van der Waals surface area (Å²) in [5.41, 5.74) is 7.38. The highest BCUT2D eigenvalue weighted by Gasteiger charge is 2.29. The number of benzene rings is 1. The third-order valence-corrected chi connectivity index (χ3v) is 4.20. The lowest BCUT2D eigenvalue weighted by Gasteiger charge is -2.39. The van der Waals surface area contributed by atoms with Crippen LogP contribution in [0, 0.1) is 11.7 Å². The molecule has 0 spiro atoms. The molecule has 3 N–H and O–H groups in total. The second-order valence-electron chi connectivity index (χ2n) is 5.73. The zero-order chi connectivity index (χ0) is 15.4. The molecule has 1 fully saturated rings. The van der Waals surface area contributed by atoms with Crippen molar-refractivity contribution in [1.82, 2.24) is 5.32 Å². The van der Waals surface area contributed by atoms with E-state index in [9.17, 15) is 9.18 Å². The number of hydrogen-bond donors (Lipinski definition) is 2. The second-order valence-corrected chi connectivity index (χ2v) is 5.73. The first-order valence-corrected chi connectivity index (χ1v) is 7.58. The minimum absolute atomic E-state index is 0.127. The summed E-state index contributed by atoms with van der Waals surface area (Å²) in [7, 11) is 0.